The highest BCUT2D eigenvalue weighted by Gasteiger charge is 2.08. The summed E-state index contributed by atoms with van der Waals surface area (Å²) >= 11 is 0. The number of hydrogen-bond acceptors (Lipinski definition) is 9. The molecule has 9 N–H and O–H groups in total. The molecule has 0 unspecified atom stereocenters. The number of nitrogens with two attached hydrogens (primary N) is 2. The maximum atomic E-state index is 12.2. The molecular weight excluding hydrogens is 1020 g/mol. The van der Waals surface area contributed by atoms with Gasteiger partial charge in [0, 0.05) is 37.3 Å². The average Bonchev–Trinajstić information content (AvgIpc) is 3.45. The van der Waals surface area contributed by atoms with E-state index < -0.39 is 12.1 Å². The zero-order valence-electron chi connectivity index (χ0n) is 47.2. The lowest BCUT2D eigenvalue weighted by molar-refractivity contribution is 0.0696. The van der Waals surface area contributed by atoms with Crippen LogP contribution in [0.4, 0.5) is 9.59 Å². The molecule has 0 atom stereocenters. The number of carboxylic acids is 1. The minimum atomic E-state index is -0.878. The normalized spacial score (nSPS) is 10.1. The van der Waals surface area contributed by atoms with E-state index in [1.54, 1.807) is 12.1 Å². The number of alkyl carbamates (subject to hydrolysis) is 2. The van der Waals surface area contributed by atoms with E-state index in [9.17, 15) is 24.0 Å². The Morgan fingerprint density at radius 1 is 0.468 bits per heavy atom. The van der Waals surface area contributed by atoms with Crippen molar-refractivity contribution >= 4 is 42.4 Å². The molecule has 0 aromatic heterocycles. The highest BCUT2D eigenvalue weighted by atomic mass is 35.5. The lowest BCUT2D eigenvalue weighted by atomic mass is 10.0. The standard InChI is InChI=1S/C24H30N2O3.C16H26N2O.C12H18N2O2.C12H14O2.ClH/c1-19(2)10-11-20-12-14-22(15-13-20)23(27)25-16-6-7-17-26-24(28)29-18-21-8-4-3-5-9-21;1-13(2)5-6-14-7-9-15(10-8-14)16(19)18-12-4-3-11-17;13-8-4-5-9-14-12(15)16-10-11-6-2-1-3-7-11;1-9(2)3-4-10-5-7-11(8-6-10)12(13)14;/h3-5,8-9,12-15H,1,6-7,10-11,16-18H2,2H3,(H,25,27)(H,26,28);7-10,13H,3-6,11-12,17H2,1-2H3,(H,18,19);1-3,6-7H,4-5,8-10,13H2,(H,14,15);5-8H,1,3-4H2,2H3,(H,13,14);1H. The number of benzene rings is 5. The van der Waals surface area contributed by atoms with E-state index in [2.05, 4.69) is 60.4 Å². The summed E-state index contributed by atoms with van der Waals surface area (Å²) in [5.41, 5.74) is 20.4. The summed E-state index contributed by atoms with van der Waals surface area (Å²) in [5, 5.41) is 19.9. The van der Waals surface area contributed by atoms with Gasteiger partial charge in [-0.25, -0.2) is 14.4 Å². The summed E-state index contributed by atoms with van der Waals surface area (Å²) in [6.45, 7) is 20.5. The molecule has 0 fully saturated rings. The number of aryl methyl sites for hydroxylation is 3. The van der Waals surface area contributed by atoms with Crippen molar-refractivity contribution < 1.29 is 38.6 Å². The number of carbonyl (C=O) groups is 5. The Morgan fingerprint density at radius 3 is 1.13 bits per heavy atom. The third kappa shape index (κ3) is 35.7. The van der Waals surface area contributed by atoms with Crippen LogP contribution in [0.2, 0.25) is 0 Å². The van der Waals surface area contributed by atoms with Gasteiger partial charge in [-0.05, 0) is 174 Å². The van der Waals surface area contributed by atoms with Crippen molar-refractivity contribution in [3.63, 3.8) is 0 Å². The molecule has 0 spiro atoms. The van der Waals surface area contributed by atoms with Crippen LogP contribution in [-0.4, -0.2) is 74.3 Å². The van der Waals surface area contributed by atoms with Crippen LogP contribution in [-0.2, 0) is 41.9 Å². The number of halogens is 1. The van der Waals surface area contributed by atoms with Gasteiger partial charge in [-0.15, -0.1) is 25.6 Å². The van der Waals surface area contributed by atoms with Gasteiger partial charge < -0.3 is 47.3 Å². The quantitative estimate of drug-likeness (QED) is 0.0177. The van der Waals surface area contributed by atoms with Crippen molar-refractivity contribution in [3.8, 4) is 0 Å². The van der Waals surface area contributed by atoms with Crippen molar-refractivity contribution in [2.24, 2.45) is 17.4 Å². The highest BCUT2D eigenvalue weighted by Crippen LogP contribution is 2.13. The number of ether oxygens (including phenoxy) is 2. The molecule has 5 aromatic rings. The van der Waals surface area contributed by atoms with Crippen molar-refractivity contribution in [1.82, 2.24) is 21.3 Å². The largest absolute Gasteiger partial charge is 0.478 e. The fraction of sp³-hybridized carbons (Fsp3) is 0.391. The van der Waals surface area contributed by atoms with E-state index >= 15 is 0 Å². The average molecular weight is 1110 g/mol. The number of unbranched alkanes of at least 4 members (excludes halogenated alkanes) is 3. The van der Waals surface area contributed by atoms with Crippen LogP contribution in [0.25, 0.3) is 0 Å². The molecule has 14 nitrogen and oxygen atoms in total. The Bertz CT molecular complexity index is 2470. The van der Waals surface area contributed by atoms with E-state index in [1.165, 1.54) is 17.5 Å². The molecule has 0 heterocycles. The molecule has 0 saturated heterocycles. The smallest absolute Gasteiger partial charge is 0.407 e. The highest BCUT2D eigenvalue weighted by molar-refractivity contribution is 5.94. The number of rotatable bonds is 29. The van der Waals surface area contributed by atoms with E-state index in [0.29, 0.717) is 62.9 Å². The Labute approximate surface area is 477 Å². The van der Waals surface area contributed by atoms with Gasteiger partial charge in [0.1, 0.15) is 13.2 Å². The lowest BCUT2D eigenvalue weighted by Gasteiger charge is -2.08. The SMILES string of the molecule is C=C(C)CCc1ccc(C(=O)NCCCCNC(=O)OCc2ccccc2)cc1.C=C(C)CCc1ccc(C(=O)O)cc1.CC(C)CCc1ccc(C(=O)NCCCCN)cc1.Cl.NCCCCNC(=O)OCc1ccccc1. The van der Waals surface area contributed by atoms with Crippen LogP contribution in [0.3, 0.4) is 0 Å². The predicted octanol–water partition coefficient (Wildman–Crippen LogP) is 12.3. The van der Waals surface area contributed by atoms with Crippen LogP contribution in [0.15, 0.2) is 158 Å². The maximum Gasteiger partial charge on any atom is 0.407 e. The number of hydrogen-bond donors (Lipinski definition) is 7. The number of nitrogens with one attached hydrogen (secondary N) is 4. The van der Waals surface area contributed by atoms with Crippen molar-refractivity contribution in [2.45, 2.75) is 118 Å². The molecule has 0 aliphatic rings. The van der Waals surface area contributed by atoms with Crippen LogP contribution in [0.1, 0.15) is 144 Å². The second-order valence-corrected chi connectivity index (χ2v) is 19.4. The van der Waals surface area contributed by atoms with Crippen molar-refractivity contribution in [3.05, 3.63) is 202 Å². The van der Waals surface area contributed by atoms with Gasteiger partial charge in [0.15, 0.2) is 0 Å². The molecular formula is C64H89ClN6O8. The number of carboxylic acid groups (broad SMARTS) is 1. The first kappa shape index (κ1) is 69.8. The first-order valence-corrected chi connectivity index (χ1v) is 27.2. The first-order chi connectivity index (χ1) is 37.6. The number of carbonyl (C=O) groups excluding carboxylic acids is 4. The molecule has 0 aliphatic heterocycles. The minimum absolute atomic E-state index is 0. The van der Waals surface area contributed by atoms with Gasteiger partial charge in [-0.3, -0.25) is 9.59 Å². The predicted molar refractivity (Wildman–Crippen MR) is 323 cm³/mol. The molecule has 430 valence electrons. The Kier molecular flexibility index (Phi) is 38.6. The molecule has 0 saturated carbocycles. The third-order valence-electron chi connectivity index (χ3n) is 11.7. The van der Waals surface area contributed by atoms with Gasteiger partial charge >= 0.3 is 18.2 Å². The summed E-state index contributed by atoms with van der Waals surface area (Å²) in [4.78, 5) is 57.4. The van der Waals surface area contributed by atoms with Gasteiger partial charge in [0.25, 0.3) is 11.8 Å². The molecule has 0 aliphatic carbocycles. The third-order valence-corrected chi connectivity index (χ3v) is 11.7. The molecule has 5 rings (SSSR count). The zero-order valence-corrected chi connectivity index (χ0v) is 48.0. The van der Waals surface area contributed by atoms with Gasteiger partial charge in [-0.2, -0.15) is 0 Å². The Balaban J connectivity index is 0.000000547. The summed E-state index contributed by atoms with van der Waals surface area (Å²) in [6.07, 6.45) is 10.5. The molecule has 4 amide bonds. The van der Waals surface area contributed by atoms with E-state index in [1.807, 2.05) is 123 Å². The lowest BCUT2D eigenvalue weighted by Crippen LogP contribution is -2.27. The summed E-state index contributed by atoms with van der Waals surface area (Å²) < 4.78 is 10.2. The molecule has 0 radical (unpaired) electrons. The maximum absolute atomic E-state index is 12.2. The molecule has 79 heavy (non-hydrogen) atoms. The van der Waals surface area contributed by atoms with Gasteiger partial charge in [0.2, 0.25) is 0 Å². The van der Waals surface area contributed by atoms with Crippen LogP contribution < -0.4 is 32.7 Å². The Hall–Kier alpha value is -7.26. The van der Waals surface area contributed by atoms with Crippen molar-refractivity contribution in [2.75, 3.05) is 39.3 Å². The summed E-state index contributed by atoms with van der Waals surface area (Å²) in [6, 6.07) is 41.7. The van der Waals surface area contributed by atoms with E-state index in [0.717, 1.165) is 104 Å². The van der Waals surface area contributed by atoms with E-state index in [-0.39, 0.29) is 36.9 Å². The fourth-order valence-electron chi connectivity index (χ4n) is 6.96. The topological polar surface area (TPSA) is 224 Å². The van der Waals surface area contributed by atoms with Gasteiger partial charge in [-0.1, -0.05) is 122 Å². The second kappa shape index (κ2) is 43.7. The summed E-state index contributed by atoms with van der Waals surface area (Å²) in [7, 11) is 0. The van der Waals surface area contributed by atoms with Crippen molar-refractivity contribution in [1.29, 1.82) is 0 Å². The number of aromatic carboxylic acids is 1. The zero-order chi connectivity index (χ0) is 57.2. The molecule has 0 bridgehead atoms. The number of allylic oxidation sites excluding steroid dienone is 2. The van der Waals surface area contributed by atoms with Crippen LogP contribution >= 0.6 is 12.4 Å². The Morgan fingerprint density at radius 2 is 0.797 bits per heavy atom. The van der Waals surface area contributed by atoms with E-state index in [4.69, 9.17) is 26.0 Å². The number of amides is 4. The second-order valence-electron chi connectivity index (χ2n) is 19.4. The minimum Gasteiger partial charge on any atom is -0.478 e. The monoisotopic (exact) mass is 1100 g/mol. The molecule has 5 aromatic carbocycles. The summed E-state index contributed by atoms with van der Waals surface area (Å²) in [5.74, 6) is -0.235. The fourth-order valence-corrected chi connectivity index (χ4v) is 6.96. The van der Waals surface area contributed by atoms with Gasteiger partial charge in [0.05, 0.1) is 5.56 Å². The van der Waals surface area contributed by atoms with Crippen LogP contribution in [0, 0.1) is 5.92 Å². The molecule has 15 heteroatoms. The first-order valence-electron chi connectivity index (χ1n) is 27.2. The van der Waals surface area contributed by atoms with Crippen LogP contribution in [0.5, 0.6) is 0 Å².